The topological polar surface area (TPSA) is 87.7 Å². The fraction of sp³-hybridized carbons (Fsp3) is 0. The fourth-order valence-electron chi connectivity index (χ4n) is 3.27. The fourth-order valence-corrected chi connectivity index (χ4v) is 4.75. The maximum Gasteiger partial charge on any atom is 0.337 e. The number of fused-ring (bicyclic) bond motifs is 2. The number of hydrogen-bond donors (Lipinski definition) is 2. The van der Waals surface area contributed by atoms with Gasteiger partial charge >= 0.3 is 5.97 Å². The second kappa shape index (κ2) is 7.93. The van der Waals surface area contributed by atoms with Crippen molar-refractivity contribution in [1.29, 1.82) is 0 Å². The third-order valence-electron chi connectivity index (χ3n) is 4.59. The van der Waals surface area contributed by atoms with E-state index in [2.05, 4.69) is 0 Å². The average molecular weight is 539 g/mol. The minimum atomic E-state index is -1.36. The first-order chi connectivity index (χ1) is 14.5. The Bertz CT molecular complexity index is 1460. The van der Waals surface area contributed by atoms with E-state index < -0.39 is 17.1 Å². The highest BCUT2D eigenvalue weighted by atomic mass is 35.5. The maximum atomic E-state index is 12.3. The van der Waals surface area contributed by atoms with Crippen molar-refractivity contribution >= 4 is 86.5 Å². The normalized spacial score (nSPS) is 11.4. The van der Waals surface area contributed by atoms with Crippen LogP contribution in [0.4, 0.5) is 0 Å². The molecule has 11 heteroatoms. The molecule has 0 saturated carbocycles. The minimum absolute atomic E-state index is 0.00364. The van der Waals surface area contributed by atoms with E-state index in [9.17, 15) is 19.8 Å². The predicted octanol–water partition coefficient (Wildman–Crippen LogP) is 7.89. The highest BCUT2D eigenvalue weighted by Crippen LogP contribution is 2.51. The summed E-state index contributed by atoms with van der Waals surface area (Å²) in [6.45, 7) is 0. The minimum Gasteiger partial charge on any atom is -0.505 e. The smallest absolute Gasteiger partial charge is 0.337 e. The van der Waals surface area contributed by atoms with Gasteiger partial charge in [-0.3, -0.25) is 4.79 Å². The second-order valence-electron chi connectivity index (χ2n) is 6.34. The molecule has 2 N–H and O–H groups in total. The van der Waals surface area contributed by atoms with Crippen LogP contribution in [0.25, 0.3) is 33.4 Å². The third kappa shape index (κ3) is 3.41. The van der Waals surface area contributed by atoms with E-state index in [4.69, 9.17) is 74.0 Å². The number of rotatable bonds is 2. The molecule has 1 aliphatic carbocycles. The zero-order chi connectivity index (χ0) is 22.8. The van der Waals surface area contributed by atoms with Crippen LogP contribution in [0.2, 0.25) is 30.1 Å². The summed E-state index contributed by atoms with van der Waals surface area (Å²) in [6, 6.07) is 5.31. The molecule has 0 aromatic heterocycles. The van der Waals surface area contributed by atoms with Crippen LogP contribution in [0.1, 0.15) is 10.4 Å². The lowest BCUT2D eigenvalue weighted by atomic mass is 9.90. The molecule has 0 atom stereocenters. The van der Waals surface area contributed by atoms with Crippen molar-refractivity contribution in [3.8, 4) is 28.2 Å². The largest absolute Gasteiger partial charge is 0.505 e. The summed E-state index contributed by atoms with van der Waals surface area (Å²) in [5.74, 6) is -1.99. The molecule has 0 spiro atoms. The molecule has 0 saturated heterocycles. The van der Waals surface area contributed by atoms with Gasteiger partial charge in [-0.1, -0.05) is 69.6 Å². The van der Waals surface area contributed by atoms with Gasteiger partial charge in [0.1, 0.15) is 10.0 Å². The number of phenols is 1. The molecule has 158 valence electrons. The first kappa shape index (κ1) is 22.3. The van der Waals surface area contributed by atoms with Crippen molar-refractivity contribution in [3.05, 3.63) is 70.2 Å². The maximum absolute atomic E-state index is 12.3. The summed E-state index contributed by atoms with van der Waals surface area (Å²) in [4.78, 5) is 24.4. The van der Waals surface area contributed by atoms with Gasteiger partial charge in [-0.15, -0.1) is 0 Å². The summed E-state index contributed by atoms with van der Waals surface area (Å²) in [5.41, 5.74) is -0.838. The lowest BCUT2D eigenvalue weighted by Crippen LogP contribution is -2.08. The van der Waals surface area contributed by atoms with Crippen LogP contribution in [0.15, 0.2) is 33.5 Å². The first-order valence-corrected chi connectivity index (χ1v) is 10.5. The average Bonchev–Trinajstić information content (AvgIpc) is 2.71. The SMILES string of the molecule is O=C(O)c1c(Cl)ccc(Cl)c1-c1c2cc(Cl)c(=O)c(Cl)c-2oc2c(Cl)c(O)c(Cl)cc12. The Balaban J connectivity index is 2.40. The van der Waals surface area contributed by atoms with E-state index in [0.717, 1.165) is 0 Å². The number of carboxylic acids is 1. The molecule has 2 aromatic rings. The van der Waals surface area contributed by atoms with Crippen molar-refractivity contribution in [3.63, 3.8) is 0 Å². The summed E-state index contributed by atoms with van der Waals surface area (Å²) in [5, 5.41) is 19.1. The number of carbonyl (C=O) groups is 1. The number of hydrogen-bond acceptors (Lipinski definition) is 4. The molecule has 4 rings (SSSR count). The van der Waals surface area contributed by atoms with Crippen LogP contribution in [-0.2, 0) is 0 Å². The van der Waals surface area contributed by atoms with Crippen molar-refractivity contribution in [2.75, 3.05) is 0 Å². The van der Waals surface area contributed by atoms with Gasteiger partial charge in [0.05, 0.1) is 20.6 Å². The lowest BCUT2D eigenvalue weighted by Gasteiger charge is -2.20. The van der Waals surface area contributed by atoms with E-state index >= 15 is 0 Å². The van der Waals surface area contributed by atoms with E-state index in [0.29, 0.717) is 0 Å². The van der Waals surface area contributed by atoms with Crippen LogP contribution in [-0.4, -0.2) is 16.2 Å². The van der Waals surface area contributed by atoms with Crippen LogP contribution in [0, 0.1) is 0 Å². The van der Waals surface area contributed by atoms with E-state index in [-0.39, 0.29) is 69.1 Å². The van der Waals surface area contributed by atoms with Crippen molar-refractivity contribution < 1.29 is 19.4 Å². The second-order valence-corrected chi connectivity index (χ2v) is 8.72. The summed E-state index contributed by atoms with van der Waals surface area (Å²) in [6.07, 6.45) is 0. The van der Waals surface area contributed by atoms with Crippen molar-refractivity contribution in [2.24, 2.45) is 0 Å². The molecular weight excluding hydrogens is 533 g/mol. The van der Waals surface area contributed by atoms with Crippen LogP contribution < -0.4 is 5.43 Å². The highest BCUT2D eigenvalue weighted by molar-refractivity contribution is 6.43. The molecule has 0 fully saturated rings. The van der Waals surface area contributed by atoms with E-state index in [1.807, 2.05) is 0 Å². The third-order valence-corrected chi connectivity index (χ3v) is 6.48. The van der Waals surface area contributed by atoms with Gasteiger partial charge < -0.3 is 14.6 Å². The summed E-state index contributed by atoms with van der Waals surface area (Å²) < 4.78 is 5.75. The summed E-state index contributed by atoms with van der Waals surface area (Å²) in [7, 11) is 0. The standard InChI is InChI=1S/C20H6Cl6O5/c21-7-1-2-8(22)13(20(29)30)12(7)11-5-3-9(23)16(27)14(25)18(5)31-19-6(11)4-10(24)17(28)15(19)26/h1-4,27H,(H,29,30). The molecule has 1 aliphatic heterocycles. The zero-order valence-electron chi connectivity index (χ0n) is 14.7. The molecule has 2 aromatic carbocycles. The van der Waals surface area contributed by atoms with Gasteiger partial charge in [0, 0.05) is 27.1 Å². The molecular formula is C20H6Cl6O5. The Hall–Kier alpha value is -1.86. The molecule has 31 heavy (non-hydrogen) atoms. The van der Waals surface area contributed by atoms with Crippen LogP contribution in [0.5, 0.6) is 5.75 Å². The predicted molar refractivity (Wildman–Crippen MR) is 123 cm³/mol. The molecule has 0 amide bonds. The first-order valence-electron chi connectivity index (χ1n) is 8.21. The zero-order valence-corrected chi connectivity index (χ0v) is 19.2. The van der Waals surface area contributed by atoms with Gasteiger partial charge in [-0.2, -0.15) is 0 Å². The summed E-state index contributed by atoms with van der Waals surface area (Å²) >= 11 is 37.2. The van der Waals surface area contributed by atoms with Gasteiger partial charge in [0.25, 0.3) is 0 Å². The molecule has 0 unspecified atom stereocenters. The number of benzene rings is 3. The number of aromatic carboxylic acids is 1. The van der Waals surface area contributed by atoms with Gasteiger partial charge in [-0.05, 0) is 24.3 Å². The Morgan fingerprint density at radius 2 is 1.48 bits per heavy atom. The Morgan fingerprint density at radius 3 is 2.13 bits per heavy atom. The van der Waals surface area contributed by atoms with Crippen LogP contribution in [0.3, 0.4) is 0 Å². The Morgan fingerprint density at radius 1 is 0.839 bits per heavy atom. The van der Waals surface area contributed by atoms with Gasteiger partial charge in [0.2, 0.25) is 5.43 Å². The number of carboxylic acid groups (broad SMARTS) is 1. The van der Waals surface area contributed by atoms with Gasteiger partial charge in [0.15, 0.2) is 17.1 Å². The number of halogens is 6. The molecule has 1 heterocycles. The number of phenolic OH excluding ortho intramolecular Hbond substituents is 1. The molecule has 2 aliphatic rings. The number of aromatic hydroxyl groups is 1. The molecule has 5 nitrogen and oxygen atoms in total. The Kier molecular flexibility index (Phi) is 5.71. The van der Waals surface area contributed by atoms with E-state index in [1.165, 1.54) is 24.3 Å². The quantitative estimate of drug-likeness (QED) is 0.253. The van der Waals surface area contributed by atoms with Crippen molar-refractivity contribution in [1.82, 2.24) is 0 Å². The van der Waals surface area contributed by atoms with Crippen LogP contribution >= 0.6 is 69.6 Å². The van der Waals surface area contributed by atoms with Crippen molar-refractivity contribution in [2.45, 2.75) is 0 Å². The highest BCUT2D eigenvalue weighted by Gasteiger charge is 2.30. The lowest BCUT2D eigenvalue weighted by molar-refractivity contribution is 0.0698. The molecule has 0 radical (unpaired) electrons. The molecule has 0 bridgehead atoms. The Labute approximate surface area is 203 Å². The van der Waals surface area contributed by atoms with Gasteiger partial charge in [-0.25, -0.2) is 4.79 Å². The van der Waals surface area contributed by atoms with E-state index in [1.54, 1.807) is 0 Å². The monoisotopic (exact) mass is 536 g/mol.